The number of likely N-dealkylation sites (N-methyl/N-ethyl adjacent to an activating group) is 1. The summed E-state index contributed by atoms with van der Waals surface area (Å²) in [5.74, 6) is 0. The Bertz CT molecular complexity index is 497. The molecular weight excluding hydrogens is 288 g/mol. The summed E-state index contributed by atoms with van der Waals surface area (Å²) < 4.78 is 5.46. The predicted octanol–water partition coefficient (Wildman–Crippen LogP) is 2.27. The Morgan fingerprint density at radius 3 is 2.74 bits per heavy atom. The highest BCUT2D eigenvalue weighted by Gasteiger charge is 2.27. The van der Waals surface area contributed by atoms with E-state index in [-0.39, 0.29) is 12.1 Å². The first-order valence-electron chi connectivity index (χ1n) is 8.72. The molecule has 1 amide bonds. The van der Waals surface area contributed by atoms with Gasteiger partial charge in [0, 0.05) is 6.54 Å². The maximum absolute atomic E-state index is 12.3. The van der Waals surface area contributed by atoms with Crippen molar-refractivity contribution in [3.8, 4) is 0 Å². The monoisotopic (exact) mass is 317 g/mol. The minimum atomic E-state index is -0.198. The Labute approximate surface area is 139 Å². The van der Waals surface area contributed by atoms with E-state index >= 15 is 0 Å². The van der Waals surface area contributed by atoms with Crippen LogP contribution in [0.2, 0.25) is 0 Å². The number of benzene rings is 1. The minimum absolute atomic E-state index is 0.188. The fourth-order valence-corrected chi connectivity index (χ4v) is 2.95. The van der Waals surface area contributed by atoms with Crippen LogP contribution in [0.25, 0.3) is 0 Å². The quantitative estimate of drug-likeness (QED) is 0.783. The summed E-state index contributed by atoms with van der Waals surface area (Å²) >= 11 is 0. The number of rotatable bonds is 7. The van der Waals surface area contributed by atoms with E-state index in [1.807, 2.05) is 35.2 Å². The third-order valence-corrected chi connectivity index (χ3v) is 4.50. The highest BCUT2D eigenvalue weighted by molar-refractivity contribution is 5.68. The second kappa shape index (κ2) is 9.36. The van der Waals surface area contributed by atoms with E-state index < -0.39 is 0 Å². The van der Waals surface area contributed by atoms with E-state index in [1.165, 1.54) is 0 Å². The number of amides is 1. The van der Waals surface area contributed by atoms with Gasteiger partial charge in [-0.05, 0) is 38.3 Å². The molecule has 4 heteroatoms. The zero-order valence-corrected chi connectivity index (χ0v) is 14.3. The summed E-state index contributed by atoms with van der Waals surface area (Å²) in [6.07, 6.45) is 6.28. The summed E-state index contributed by atoms with van der Waals surface area (Å²) in [5.41, 5.74) is 1.03. The largest absolute Gasteiger partial charge is 0.445 e. The van der Waals surface area contributed by atoms with E-state index in [4.69, 9.17) is 4.74 Å². The predicted molar refractivity (Wildman–Crippen MR) is 92.4 cm³/mol. The molecule has 0 aromatic heterocycles. The second-order valence-corrected chi connectivity index (χ2v) is 6.03. The smallest absolute Gasteiger partial charge is 0.410 e. The van der Waals surface area contributed by atoms with E-state index in [1.54, 1.807) is 4.90 Å². The number of hydrogen-bond donors (Lipinski definition) is 1. The van der Waals surface area contributed by atoms with Crippen LogP contribution in [-0.4, -0.2) is 43.2 Å². The van der Waals surface area contributed by atoms with Gasteiger partial charge in [0.2, 0.25) is 0 Å². The van der Waals surface area contributed by atoms with Crippen LogP contribution in [0.4, 0.5) is 4.79 Å². The molecule has 0 saturated carbocycles. The molecule has 126 valence electrons. The fourth-order valence-electron chi connectivity index (χ4n) is 2.95. The number of ether oxygens (including phenoxy) is 1. The Kier molecular flexibility index (Phi) is 7.14. The van der Waals surface area contributed by atoms with Gasteiger partial charge < -0.3 is 14.5 Å². The van der Waals surface area contributed by atoms with Gasteiger partial charge in [-0.2, -0.15) is 0 Å². The van der Waals surface area contributed by atoms with Gasteiger partial charge >= 0.3 is 6.09 Å². The Morgan fingerprint density at radius 1 is 1.30 bits per heavy atom. The first-order valence-corrected chi connectivity index (χ1v) is 8.72. The number of likely N-dealkylation sites (tertiary alicyclic amines) is 1. The molecule has 0 bridgehead atoms. The van der Waals surface area contributed by atoms with Gasteiger partial charge in [-0.1, -0.05) is 36.4 Å². The summed E-state index contributed by atoms with van der Waals surface area (Å²) in [6.45, 7) is 8.83. The van der Waals surface area contributed by atoms with Crippen molar-refractivity contribution in [3.05, 3.63) is 48.0 Å². The first kappa shape index (κ1) is 17.5. The van der Waals surface area contributed by atoms with Crippen molar-refractivity contribution in [1.82, 2.24) is 4.90 Å². The molecule has 23 heavy (non-hydrogen) atoms. The van der Waals surface area contributed by atoms with Crippen LogP contribution in [0, 0.1) is 0 Å². The standard InChI is InChI=1S/C19H28N2O2/c1-3-20(4-2)14-8-12-18-13-9-15-21(18)19(22)23-16-17-10-6-5-7-11-17/h5-8,10-12,18H,3-4,9,13-16H2,1-2H3/p+1/b12-8+/t18-/m1/s1. The van der Waals surface area contributed by atoms with Crippen LogP contribution in [0.15, 0.2) is 42.5 Å². The second-order valence-electron chi connectivity index (χ2n) is 6.03. The number of carbonyl (C=O) groups excluding carboxylic acids is 1. The van der Waals surface area contributed by atoms with Crippen molar-refractivity contribution in [3.63, 3.8) is 0 Å². The fraction of sp³-hybridized carbons (Fsp3) is 0.526. The van der Waals surface area contributed by atoms with E-state index in [9.17, 15) is 4.79 Å². The molecule has 1 aromatic carbocycles. The van der Waals surface area contributed by atoms with E-state index in [0.29, 0.717) is 6.61 Å². The van der Waals surface area contributed by atoms with Gasteiger partial charge in [-0.3, -0.25) is 0 Å². The van der Waals surface area contributed by atoms with Crippen molar-refractivity contribution < 1.29 is 14.4 Å². The van der Waals surface area contributed by atoms with Gasteiger partial charge in [0.25, 0.3) is 0 Å². The zero-order chi connectivity index (χ0) is 16.5. The maximum atomic E-state index is 12.3. The molecule has 0 spiro atoms. The Hall–Kier alpha value is -1.81. The molecule has 1 heterocycles. The van der Waals surface area contributed by atoms with E-state index in [0.717, 1.165) is 44.6 Å². The zero-order valence-electron chi connectivity index (χ0n) is 14.3. The molecule has 2 rings (SSSR count). The first-order chi connectivity index (χ1) is 11.2. The topological polar surface area (TPSA) is 34.0 Å². The number of quaternary nitrogens is 1. The summed E-state index contributed by atoms with van der Waals surface area (Å²) in [7, 11) is 0. The number of nitrogens with one attached hydrogen (secondary N) is 1. The average molecular weight is 317 g/mol. The molecule has 0 radical (unpaired) electrons. The number of carbonyl (C=O) groups is 1. The number of nitrogens with zero attached hydrogens (tertiary/aromatic N) is 1. The molecule has 1 N–H and O–H groups in total. The van der Waals surface area contributed by atoms with Crippen molar-refractivity contribution in [2.75, 3.05) is 26.2 Å². The maximum Gasteiger partial charge on any atom is 0.410 e. The minimum Gasteiger partial charge on any atom is -0.445 e. The van der Waals surface area contributed by atoms with Crippen LogP contribution in [0.3, 0.4) is 0 Å². The van der Waals surface area contributed by atoms with E-state index in [2.05, 4.69) is 26.0 Å². The average Bonchev–Trinajstić information content (AvgIpc) is 3.06. The molecule has 1 aromatic rings. The molecule has 4 nitrogen and oxygen atoms in total. The molecule has 1 atom stereocenters. The molecule has 1 fully saturated rings. The van der Waals surface area contributed by atoms with Gasteiger partial charge in [0.05, 0.1) is 25.7 Å². The Balaban J connectivity index is 1.83. The molecular formula is C19H29N2O2+. The van der Waals surface area contributed by atoms with Crippen molar-refractivity contribution >= 4 is 6.09 Å². The highest BCUT2D eigenvalue weighted by Crippen LogP contribution is 2.19. The van der Waals surface area contributed by atoms with Crippen LogP contribution in [0.1, 0.15) is 32.3 Å². The lowest BCUT2D eigenvalue weighted by molar-refractivity contribution is -0.890. The molecule has 0 aliphatic carbocycles. The summed E-state index contributed by atoms with van der Waals surface area (Å²) in [5, 5.41) is 0. The third kappa shape index (κ3) is 5.39. The summed E-state index contributed by atoms with van der Waals surface area (Å²) in [4.78, 5) is 15.7. The van der Waals surface area contributed by atoms with Crippen molar-refractivity contribution in [2.24, 2.45) is 0 Å². The van der Waals surface area contributed by atoms with Crippen molar-refractivity contribution in [1.29, 1.82) is 0 Å². The number of hydrogen-bond acceptors (Lipinski definition) is 2. The molecule has 1 saturated heterocycles. The normalized spacial score (nSPS) is 18.0. The van der Waals surface area contributed by atoms with Crippen molar-refractivity contribution in [2.45, 2.75) is 39.3 Å². The highest BCUT2D eigenvalue weighted by atomic mass is 16.6. The molecule has 1 aliphatic heterocycles. The lowest BCUT2D eigenvalue weighted by Crippen LogP contribution is -3.11. The lowest BCUT2D eigenvalue weighted by atomic mass is 10.2. The van der Waals surface area contributed by atoms with Crippen LogP contribution < -0.4 is 4.90 Å². The van der Waals surface area contributed by atoms with Gasteiger partial charge in [-0.15, -0.1) is 0 Å². The van der Waals surface area contributed by atoms with Crippen LogP contribution in [-0.2, 0) is 11.3 Å². The van der Waals surface area contributed by atoms with Gasteiger partial charge in [0.15, 0.2) is 0 Å². The van der Waals surface area contributed by atoms with Crippen LogP contribution >= 0.6 is 0 Å². The third-order valence-electron chi connectivity index (χ3n) is 4.50. The van der Waals surface area contributed by atoms with Gasteiger partial charge in [0.1, 0.15) is 6.61 Å². The van der Waals surface area contributed by atoms with Gasteiger partial charge in [-0.25, -0.2) is 4.79 Å². The SMILES string of the molecule is CC[NH+](CC)C/C=C/[C@@H]1CCCN1C(=O)OCc1ccccc1. The van der Waals surface area contributed by atoms with Crippen LogP contribution in [0.5, 0.6) is 0 Å². The molecule has 0 unspecified atom stereocenters. The lowest BCUT2D eigenvalue weighted by Gasteiger charge is -2.22. The summed E-state index contributed by atoms with van der Waals surface area (Å²) in [6, 6.07) is 10.0. The molecule has 1 aliphatic rings. The Morgan fingerprint density at radius 2 is 2.04 bits per heavy atom.